The summed E-state index contributed by atoms with van der Waals surface area (Å²) in [6.07, 6.45) is 5.73. The molecule has 6 heteroatoms. The molecule has 98 valence electrons. The first-order valence-electron chi connectivity index (χ1n) is 5.96. The van der Waals surface area contributed by atoms with E-state index in [4.69, 9.17) is 4.74 Å². The third-order valence-corrected chi connectivity index (χ3v) is 2.60. The molecule has 0 fully saturated rings. The van der Waals surface area contributed by atoms with Crippen molar-refractivity contribution in [1.29, 1.82) is 0 Å². The number of nitrogens with one attached hydrogen (secondary N) is 2. The van der Waals surface area contributed by atoms with Crippen LogP contribution in [0.15, 0.2) is 18.6 Å². The zero-order chi connectivity index (χ0) is 13.0. The van der Waals surface area contributed by atoms with E-state index in [-0.39, 0.29) is 6.04 Å². The number of aromatic amines is 1. The number of ether oxygens (including phenoxy) is 1. The van der Waals surface area contributed by atoms with Crippen LogP contribution in [0, 0.1) is 6.92 Å². The molecule has 0 aromatic carbocycles. The molecule has 0 aliphatic heterocycles. The number of hydrogen-bond acceptors (Lipinski definition) is 4. The Morgan fingerprint density at radius 1 is 1.56 bits per heavy atom. The molecule has 0 aliphatic rings. The summed E-state index contributed by atoms with van der Waals surface area (Å²) in [4.78, 5) is 4.48. The lowest BCUT2D eigenvalue weighted by molar-refractivity contribution is 0.190. The maximum absolute atomic E-state index is 5.11. The topological polar surface area (TPSA) is 67.8 Å². The normalized spacial score (nSPS) is 12.6. The second-order valence-electron chi connectivity index (χ2n) is 4.44. The Bertz CT molecular complexity index is 477. The number of rotatable bonds is 6. The van der Waals surface area contributed by atoms with Crippen LogP contribution in [-0.4, -0.2) is 39.5 Å². The molecule has 2 N–H and O–H groups in total. The summed E-state index contributed by atoms with van der Waals surface area (Å²) < 4.78 is 7.19. The van der Waals surface area contributed by atoms with Gasteiger partial charge in [0, 0.05) is 31.1 Å². The predicted octanol–water partition coefficient (Wildman–Crippen LogP) is 1.41. The van der Waals surface area contributed by atoms with Crippen LogP contribution in [0.2, 0.25) is 0 Å². The monoisotopic (exact) mass is 249 g/mol. The maximum atomic E-state index is 5.11. The molecule has 0 saturated carbocycles. The van der Waals surface area contributed by atoms with Crippen molar-refractivity contribution in [3.63, 3.8) is 0 Å². The highest BCUT2D eigenvalue weighted by atomic mass is 16.5. The Labute approximate surface area is 106 Å². The first kappa shape index (κ1) is 12.6. The van der Waals surface area contributed by atoms with Crippen LogP contribution in [0.3, 0.4) is 0 Å². The number of aromatic nitrogens is 4. The Balaban J connectivity index is 2.10. The van der Waals surface area contributed by atoms with Gasteiger partial charge in [-0.15, -0.1) is 0 Å². The van der Waals surface area contributed by atoms with Gasteiger partial charge in [-0.3, -0.25) is 5.10 Å². The molecule has 0 bridgehead atoms. The van der Waals surface area contributed by atoms with Crippen molar-refractivity contribution in [1.82, 2.24) is 19.7 Å². The first-order chi connectivity index (χ1) is 8.69. The Kier molecular flexibility index (Phi) is 3.99. The lowest BCUT2D eigenvalue weighted by Gasteiger charge is -2.14. The van der Waals surface area contributed by atoms with Gasteiger partial charge in [0.1, 0.15) is 0 Å². The van der Waals surface area contributed by atoms with E-state index >= 15 is 0 Å². The maximum Gasteiger partial charge on any atom is 0.203 e. The second kappa shape index (κ2) is 5.68. The molecule has 2 heterocycles. The van der Waals surface area contributed by atoms with Gasteiger partial charge in [-0.05, 0) is 13.8 Å². The molecule has 0 saturated heterocycles. The number of aryl methyl sites for hydroxylation is 1. The quantitative estimate of drug-likeness (QED) is 0.812. The molecule has 1 unspecified atom stereocenters. The van der Waals surface area contributed by atoms with Crippen LogP contribution in [0.5, 0.6) is 0 Å². The lowest BCUT2D eigenvalue weighted by Crippen LogP contribution is -2.23. The van der Waals surface area contributed by atoms with Crippen molar-refractivity contribution in [3.8, 4) is 0 Å². The molecule has 2 aromatic rings. The van der Waals surface area contributed by atoms with Crippen LogP contribution in [0.1, 0.15) is 18.2 Å². The summed E-state index contributed by atoms with van der Waals surface area (Å²) in [6.45, 7) is 5.45. The Hall–Kier alpha value is -1.82. The average molecular weight is 249 g/mol. The first-order valence-corrected chi connectivity index (χ1v) is 5.96. The minimum atomic E-state index is 0.222. The van der Waals surface area contributed by atoms with Gasteiger partial charge < -0.3 is 14.6 Å². The zero-order valence-electron chi connectivity index (χ0n) is 11.0. The summed E-state index contributed by atoms with van der Waals surface area (Å²) in [5.41, 5.74) is 2.11. The largest absolute Gasteiger partial charge is 0.383 e. The van der Waals surface area contributed by atoms with Gasteiger partial charge in [-0.1, -0.05) is 0 Å². The number of anilines is 1. The zero-order valence-corrected chi connectivity index (χ0v) is 11.0. The van der Waals surface area contributed by atoms with Crippen molar-refractivity contribution in [2.75, 3.05) is 19.0 Å². The number of nitrogens with zero attached hydrogens (tertiary/aromatic N) is 3. The fraction of sp³-hybridized carbons (Fsp3) is 0.500. The van der Waals surface area contributed by atoms with Crippen molar-refractivity contribution < 1.29 is 4.74 Å². The lowest BCUT2D eigenvalue weighted by atomic mass is 10.3. The third kappa shape index (κ3) is 3.10. The van der Waals surface area contributed by atoms with Gasteiger partial charge >= 0.3 is 0 Å². The number of imidazole rings is 1. The van der Waals surface area contributed by atoms with Gasteiger partial charge in [0.15, 0.2) is 0 Å². The molecule has 18 heavy (non-hydrogen) atoms. The third-order valence-electron chi connectivity index (χ3n) is 2.60. The van der Waals surface area contributed by atoms with Crippen LogP contribution in [0.25, 0.3) is 0 Å². The minimum absolute atomic E-state index is 0.222. The predicted molar refractivity (Wildman–Crippen MR) is 69.6 cm³/mol. The van der Waals surface area contributed by atoms with E-state index in [0.717, 1.165) is 23.8 Å². The Morgan fingerprint density at radius 2 is 2.39 bits per heavy atom. The molecule has 0 spiro atoms. The van der Waals surface area contributed by atoms with E-state index < -0.39 is 0 Å². The standard InChI is InChI=1S/C12H19N5O/c1-9-6-17(7-11-4-13-14-5-11)12(15-9)16-10(2)8-18-3/h4-6,10H,7-8H2,1-3H3,(H,13,14)(H,15,16). The highest BCUT2D eigenvalue weighted by molar-refractivity contribution is 5.31. The molecule has 1 atom stereocenters. The van der Waals surface area contributed by atoms with E-state index in [1.165, 1.54) is 0 Å². The van der Waals surface area contributed by atoms with E-state index in [0.29, 0.717) is 6.61 Å². The summed E-state index contributed by atoms with van der Waals surface area (Å²) in [7, 11) is 1.70. The fourth-order valence-corrected chi connectivity index (χ4v) is 1.86. The molecule has 6 nitrogen and oxygen atoms in total. The number of hydrogen-bond donors (Lipinski definition) is 2. The summed E-state index contributed by atoms with van der Waals surface area (Å²) in [5.74, 6) is 0.859. The van der Waals surface area contributed by atoms with Gasteiger partial charge in [0.05, 0.1) is 25.0 Å². The average Bonchev–Trinajstić information content (AvgIpc) is 2.90. The van der Waals surface area contributed by atoms with Crippen LogP contribution in [0.4, 0.5) is 5.95 Å². The highest BCUT2D eigenvalue weighted by Crippen LogP contribution is 2.12. The molecular formula is C12H19N5O. The van der Waals surface area contributed by atoms with Crippen molar-refractivity contribution >= 4 is 5.95 Å². The van der Waals surface area contributed by atoms with E-state index in [2.05, 4.69) is 32.0 Å². The van der Waals surface area contributed by atoms with E-state index in [9.17, 15) is 0 Å². The highest BCUT2D eigenvalue weighted by Gasteiger charge is 2.09. The smallest absolute Gasteiger partial charge is 0.203 e. The molecule has 0 amide bonds. The number of H-pyrrole nitrogens is 1. The molecule has 0 aliphatic carbocycles. The van der Waals surface area contributed by atoms with Gasteiger partial charge in [0.25, 0.3) is 0 Å². The molecule has 2 aromatic heterocycles. The SMILES string of the molecule is COCC(C)Nc1nc(C)cn1Cc1cn[nH]c1. The second-order valence-corrected chi connectivity index (χ2v) is 4.44. The van der Waals surface area contributed by atoms with Crippen LogP contribution < -0.4 is 5.32 Å². The van der Waals surface area contributed by atoms with E-state index in [1.807, 2.05) is 25.5 Å². The van der Waals surface area contributed by atoms with Crippen molar-refractivity contribution in [2.24, 2.45) is 0 Å². The molecular weight excluding hydrogens is 230 g/mol. The van der Waals surface area contributed by atoms with Gasteiger partial charge in [0.2, 0.25) is 5.95 Å². The van der Waals surface area contributed by atoms with Crippen LogP contribution >= 0.6 is 0 Å². The van der Waals surface area contributed by atoms with Crippen LogP contribution in [-0.2, 0) is 11.3 Å². The van der Waals surface area contributed by atoms with E-state index in [1.54, 1.807) is 7.11 Å². The fourth-order valence-electron chi connectivity index (χ4n) is 1.86. The summed E-state index contributed by atoms with van der Waals surface area (Å²) >= 11 is 0. The number of methoxy groups -OCH3 is 1. The van der Waals surface area contributed by atoms with Crippen molar-refractivity contribution in [3.05, 3.63) is 29.8 Å². The molecule has 0 radical (unpaired) electrons. The molecule has 2 rings (SSSR count). The summed E-state index contributed by atoms with van der Waals surface area (Å²) in [6, 6.07) is 0.222. The van der Waals surface area contributed by atoms with Gasteiger partial charge in [-0.25, -0.2) is 4.98 Å². The van der Waals surface area contributed by atoms with Crippen molar-refractivity contribution in [2.45, 2.75) is 26.4 Å². The minimum Gasteiger partial charge on any atom is -0.383 e. The van der Waals surface area contributed by atoms with Gasteiger partial charge in [-0.2, -0.15) is 5.10 Å². The summed E-state index contributed by atoms with van der Waals surface area (Å²) in [5, 5.41) is 10.1. The Morgan fingerprint density at radius 3 is 3.06 bits per heavy atom.